The minimum absolute atomic E-state index is 0.151. The average Bonchev–Trinajstić information content (AvgIpc) is 2.26. The molecule has 0 aromatic heterocycles. The lowest BCUT2D eigenvalue weighted by atomic mass is 10.2. The Bertz CT molecular complexity index is 560. The number of hydrogen-bond acceptors (Lipinski definition) is 3. The molecule has 0 aliphatic heterocycles. The van der Waals surface area contributed by atoms with Crippen molar-refractivity contribution in [2.24, 2.45) is 5.73 Å². The molecule has 0 spiro atoms. The van der Waals surface area contributed by atoms with Gasteiger partial charge in [0.1, 0.15) is 11.4 Å². The normalized spacial score (nSPS) is 13.0. The summed E-state index contributed by atoms with van der Waals surface area (Å²) in [6.45, 7) is -1.43. The van der Waals surface area contributed by atoms with Crippen molar-refractivity contribution in [3.8, 4) is 0 Å². The molecule has 19 heavy (non-hydrogen) atoms. The van der Waals surface area contributed by atoms with Gasteiger partial charge < -0.3 is 5.73 Å². The summed E-state index contributed by atoms with van der Waals surface area (Å²) in [5, 5.41) is -0.156. The van der Waals surface area contributed by atoms with E-state index in [4.69, 9.17) is 17.3 Å². The first-order chi connectivity index (χ1) is 8.58. The Morgan fingerprint density at radius 3 is 2.37 bits per heavy atom. The van der Waals surface area contributed by atoms with Gasteiger partial charge in [0.15, 0.2) is 0 Å². The summed E-state index contributed by atoms with van der Waals surface area (Å²) >= 11 is 5.77. The second-order valence-corrected chi connectivity index (χ2v) is 6.27. The molecule has 0 radical (unpaired) electrons. The summed E-state index contributed by atoms with van der Waals surface area (Å²) in [5.74, 6) is 0. The quantitative estimate of drug-likeness (QED) is 0.924. The molecule has 0 aliphatic rings. The van der Waals surface area contributed by atoms with Crippen LogP contribution in [0, 0.1) is 0 Å². The number of hydrogen-bond donors (Lipinski definition) is 1. The first kappa shape index (κ1) is 16.2. The third kappa shape index (κ3) is 4.07. The van der Waals surface area contributed by atoms with Gasteiger partial charge in [-0.25, -0.2) is 8.42 Å². The number of alkyl halides is 3. The molecule has 0 heterocycles. The zero-order valence-corrected chi connectivity index (χ0v) is 11.5. The third-order valence-electron chi connectivity index (χ3n) is 2.32. The Morgan fingerprint density at radius 1 is 1.37 bits per heavy atom. The molecule has 0 atom stereocenters. The average molecular weight is 317 g/mol. The van der Waals surface area contributed by atoms with Crippen molar-refractivity contribution in [2.45, 2.75) is 17.6 Å². The van der Waals surface area contributed by atoms with E-state index in [2.05, 4.69) is 0 Å². The summed E-state index contributed by atoms with van der Waals surface area (Å²) in [4.78, 5) is -0.377. The molecular weight excluding hydrogens is 305 g/mol. The molecule has 4 nitrogen and oxygen atoms in total. The maximum absolute atomic E-state index is 12.2. The zero-order valence-electron chi connectivity index (χ0n) is 9.91. The van der Waals surface area contributed by atoms with Crippen LogP contribution in [0.3, 0.4) is 0 Å². The zero-order chi connectivity index (χ0) is 14.8. The van der Waals surface area contributed by atoms with Gasteiger partial charge in [-0.15, -0.1) is 0 Å². The van der Waals surface area contributed by atoms with Crippen LogP contribution in [0.4, 0.5) is 13.2 Å². The second kappa shape index (κ2) is 5.66. The van der Waals surface area contributed by atoms with Crippen LogP contribution < -0.4 is 5.73 Å². The van der Waals surface area contributed by atoms with Crippen LogP contribution in [-0.2, 0) is 16.6 Å². The first-order valence-corrected chi connectivity index (χ1v) is 6.91. The van der Waals surface area contributed by atoms with E-state index in [1.165, 1.54) is 12.1 Å². The smallest absolute Gasteiger partial charge is 0.326 e. The van der Waals surface area contributed by atoms with Gasteiger partial charge in [-0.1, -0.05) is 17.7 Å². The van der Waals surface area contributed by atoms with E-state index in [9.17, 15) is 21.6 Å². The van der Waals surface area contributed by atoms with Crippen molar-refractivity contribution in [1.82, 2.24) is 4.31 Å². The van der Waals surface area contributed by atoms with Gasteiger partial charge in [-0.3, -0.25) is 0 Å². The lowest BCUT2D eigenvalue weighted by Gasteiger charge is -2.19. The molecule has 0 fully saturated rings. The van der Waals surface area contributed by atoms with Crippen molar-refractivity contribution in [2.75, 3.05) is 13.6 Å². The SMILES string of the molecule is CN(CC(F)(F)F)S(=O)(=O)c1ccc(CN)cc1Cl. The molecule has 9 heteroatoms. The standard InChI is InChI=1S/C10H12ClF3N2O2S/c1-16(6-10(12,13)14)19(17,18)9-3-2-7(5-15)4-8(9)11/h2-4H,5-6,15H2,1H3. The Balaban J connectivity index is 3.13. The molecule has 0 saturated carbocycles. The maximum atomic E-state index is 12.2. The van der Waals surface area contributed by atoms with Gasteiger partial charge in [0.25, 0.3) is 0 Å². The van der Waals surface area contributed by atoms with Crippen LogP contribution >= 0.6 is 11.6 Å². The fourth-order valence-corrected chi connectivity index (χ4v) is 3.08. The number of rotatable bonds is 4. The van der Waals surface area contributed by atoms with Crippen molar-refractivity contribution >= 4 is 21.6 Å². The molecule has 1 aromatic rings. The molecule has 2 N–H and O–H groups in total. The van der Waals surface area contributed by atoms with Gasteiger partial charge in [-0.05, 0) is 17.7 Å². The van der Waals surface area contributed by atoms with Crippen LogP contribution in [0.5, 0.6) is 0 Å². The first-order valence-electron chi connectivity index (χ1n) is 5.09. The van der Waals surface area contributed by atoms with Crippen LogP contribution in [0.25, 0.3) is 0 Å². The van der Waals surface area contributed by atoms with E-state index in [0.29, 0.717) is 5.56 Å². The van der Waals surface area contributed by atoms with Crippen LogP contribution in [0.15, 0.2) is 23.1 Å². The Kier molecular flexibility index (Phi) is 4.83. The Morgan fingerprint density at radius 2 is 1.95 bits per heavy atom. The van der Waals surface area contributed by atoms with Crippen LogP contribution in [0.1, 0.15) is 5.56 Å². The molecule has 0 aliphatic carbocycles. The highest BCUT2D eigenvalue weighted by molar-refractivity contribution is 7.89. The van der Waals surface area contributed by atoms with Gasteiger partial charge in [0, 0.05) is 13.6 Å². The summed E-state index contributed by atoms with van der Waals surface area (Å²) < 4.78 is 60.7. The third-order valence-corrected chi connectivity index (χ3v) is 4.61. The van der Waals surface area contributed by atoms with E-state index >= 15 is 0 Å². The van der Waals surface area contributed by atoms with E-state index in [0.717, 1.165) is 13.1 Å². The molecule has 1 aromatic carbocycles. The highest BCUT2D eigenvalue weighted by Gasteiger charge is 2.35. The largest absolute Gasteiger partial charge is 0.402 e. The van der Waals surface area contributed by atoms with Crippen LogP contribution in [0.2, 0.25) is 5.02 Å². The Labute approximate surface area is 114 Å². The molecule has 108 valence electrons. The van der Waals surface area contributed by atoms with E-state index in [1.54, 1.807) is 0 Å². The fourth-order valence-electron chi connectivity index (χ4n) is 1.39. The topological polar surface area (TPSA) is 63.4 Å². The minimum atomic E-state index is -4.62. The molecule has 1 rings (SSSR count). The fraction of sp³-hybridized carbons (Fsp3) is 0.400. The summed E-state index contributed by atoms with van der Waals surface area (Å²) in [6.07, 6.45) is -4.62. The van der Waals surface area contributed by atoms with Crippen molar-refractivity contribution < 1.29 is 21.6 Å². The Hall–Kier alpha value is -0.830. The second-order valence-electron chi connectivity index (χ2n) is 3.85. The molecule has 0 amide bonds. The molecule has 0 saturated heterocycles. The van der Waals surface area contributed by atoms with E-state index < -0.39 is 22.7 Å². The van der Waals surface area contributed by atoms with Crippen molar-refractivity contribution in [3.05, 3.63) is 28.8 Å². The molecular formula is C10H12ClF3N2O2S. The summed E-state index contributed by atoms with van der Waals surface area (Å²) in [6, 6.07) is 3.86. The lowest BCUT2D eigenvalue weighted by molar-refractivity contribution is -0.134. The minimum Gasteiger partial charge on any atom is -0.326 e. The highest BCUT2D eigenvalue weighted by Crippen LogP contribution is 2.27. The van der Waals surface area contributed by atoms with Gasteiger partial charge in [0.05, 0.1) is 5.02 Å². The predicted molar refractivity (Wildman–Crippen MR) is 65.2 cm³/mol. The van der Waals surface area contributed by atoms with E-state index in [-0.39, 0.29) is 20.8 Å². The number of nitrogens with two attached hydrogens (primary N) is 1. The number of sulfonamides is 1. The summed E-state index contributed by atoms with van der Waals surface area (Å²) in [5.41, 5.74) is 5.94. The lowest BCUT2D eigenvalue weighted by Crippen LogP contribution is -2.35. The summed E-state index contributed by atoms with van der Waals surface area (Å²) in [7, 11) is -3.44. The van der Waals surface area contributed by atoms with Gasteiger partial charge >= 0.3 is 6.18 Å². The highest BCUT2D eigenvalue weighted by atomic mass is 35.5. The number of nitrogens with zero attached hydrogens (tertiary/aromatic N) is 1. The van der Waals surface area contributed by atoms with Crippen LogP contribution in [-0.4, -0.2) is 32.5 Å². The predicted octanol–water partition coefficient (Wildman–Crippen LogP) is 1.98. The van der Waals surface area contributed by atoms with Gasteiger partial charge in [0.2, 0.25) is 10.0 Å². The van der Waals surface area contributed by atoms with E-state index in [1.807, 2.05) is 0 Å². The van der Waals surface area contributed by atoms with Crippen molar-refractivity contribution in [3.63, 3.8) is 0 Å². The molecule has 0 unspecified atom stereocenters. The number of benzene rings is 1. The monoisotopic (exact) mass is 316 g/mol. The number of halogens is 4. The maximum Gasteiger partial charge on any atom is 0.402 e. The molecule has 0 bridgehead atoms. The van der Waals surface area contributed by atoms with Gasteiger partial charge in [-0.2, -0.15) is 17.5 Å². The van der Waals surface area contributed by atoms with Crippen molar-refractivity contribution in [1.29, 1.82) is 0 Å².